The zero-order chi connectivity index (χ0) is 31.1. The van der Waals surface area contributed by atoms with Gasteiger partial charge >= 0.3 is 0 Å². The van der Waals surface area contributed by atoms with Crippen LogP contribution in [0.1, 0.15) is 71.7 Å². The second-order valence-corrected chi connectivity index (χ2v) is 12.8. The quantitative estimate of drug-likeness (QED) is 0.294. The monoisotopic (exact) mass is 606 g/mol. The molecule has 0 bridgehead atoms. The van der Waals surface area contributed by atoms with Gasteiger partial charge in [0.05, 0.1) is 13.7 Å². The zero-order valence-corrected chi connectivity index (χ0v) is 26.8. The maximum atomic E-state index is 14.1. The summed E-state index contributed by atoms with van der Waals surface area (Å²) in [6, 6.07) is 13.9. The maximum Gasteiger partial charge on any atom is 0.254 e. The first kappa shape index (κ1) is 32.3. The van der Waals surface area contributed by atoms with Crippen LogP contribution in [0.2, 0.25) is 0 Å². The molecule has 3 aliphatic rings. The molecule has 3 atom stereocenters. The second-order valence-electron chi connectivity index (χ2n) is 12.8. The Morgan fingerprint density at radius 3 is 2.34 bits per heavy atom. The van der Waals surface area contributed by atoms with E-state index in [0.29, 0.717) is 55.3 Å². The van der Waals surface area contributed by atoms with Crippen LogP contribution in [0.4, 0.5) is 0 Å². The molecule has 2 N–H and O–H groups in total. The van der Waals surface area contributed by atoms with Gasteiger partial charge in [-0.05, 0) is 87.2 Å². The molecule has 2 aliphatic heterocycles. The molecule has 2 heterocycles. The van der Waals surface area contributed by atoms with Crippen molar-refractivity contribution in [1.29, 1.82) is 0 Å². The van der Waals surface area contributed by atoms with Gasteiger partial charge in [0, 0.05) is 76.1 Å². The van der Waals surface area contributed by atoms with Crippen molar-refractivity contribution < 1.29 is 23.8 Å². The summed E-state index contributed by atoms with van der Waals surface area (Å²) in [6.45, 7) is 10.1. The summed E-state index contributed by atoms with van der Waals surface area (Å²) in [4.78, 5) is 32.1. The number of benzene rings is 2. The third-order valence-corrected chi connectivity index (χ3v) is 9.33. The summed E-state index contributed by atoms with van der Waals surface area (Å²) in [7, 11) is 3.27. The van der Waals surface area contributed by atoms with Crippen LogP contribution < -0.4 is 20.1 Å². The summed E-state index contributed by atoms with van der Waals surface area (Å²) in [5, 5.41) is 7.02. The molecule has 5 rings (SSSR count). The molecule has 0 spiro atoms. The largest absolute Gasteiger partial charge is 0.493 e. The van der Waals surface area contributed by atoms with Gasteiger partial charge in [-0.25, -0.2) is 0 Å². The fourth-order valence-electron chi connectivity index (χ4n) is 6.63. The lowest BCUT2D eigenvalue weighted by Gasteiger charge is -2.34. The molecule has 2 amide bonds. The van der Waals surface area contributed by atoms with Gasteiger partial charge in [-0.3, -0.25) is 9.59 Å². The van der Waals surface area contributed by atoms with Gasteiger partial charge in [-0.1, -0.05) is 18.2 Å². The third kappa shape index (κ3) is 7.73. The normalized spacial score (nSPS) is 21.4. The number of ether oxygens (including phenoxy) is 3. The molecule has 9 heteroatoms. The van der Waals surface area contributed by atoms with E-state index in [-0.39, 0.29) is 29.7 Å². The number of methoxy groups -OCH3 is 2. The molecule has 9 nitrogen and oxygen atoms in total. The molecule has 3 fully saturated rings. The van der Waals surface area contributed by atoms with Crippen molar-refractivity contribution in [2.45, 2.75) is 57.5 Å². The van der Waals surface area contributed by atoms with Crippen molar-refractivity contribution >= 4 is 11.8 Å². The number of hydrogen-bond acceptors (Lipinski definition) is 7. The van der Waals surface area contributed by atoms with Gasteiger partial charge in [-0.2, -0.15) is 0 Å². The molecule has 240 valence electrons. The van der Waals surface area contributed by atoms with E-state index in [2.05, 4.69) is 41.5 Å². The molecular weight excluding hydrogens is 556 g/mol. The van der Waals surface area contributed by atoms with Crippen LogP contribution in [0.25, 0.3) is 0 Å². The van der Waals surface area contributed by atoms with Crippen molar-refractivity contribution in [2.75, 3.05) is 66.7 Å². The Morgan fingerprint density at radius 1 is 0.886 bits per heavy atom. The molecule has 0 radical (unpaired) electrons. The second kappa shape index (κ2) is 15.2. The lowest BCUT2D eigenvalue weighted by Crippen LogP contribution is -2.45. The summed E-state index contributed by atoms with van der Waals surface area (Å²) in [5.74, 6) is 2.20. The van der Waals surface area contributed by atoms with E-state index in [0.717, 1.165) is 57.4 Å². The Hall–Kier alpha value is -3.14. The Bertz CT molecular complexity index is 1260. The van der Waals surface area contributed by atoms with Crippen molar-refractivity contribution in [3.05, 3.63) is 59.2 Å². The first-order chi connectivity index (χ1) is 21.4. The predicted molar refractivity (Wildman–Crippen MR) is 172 cm³/mol. The van der Waals surface area contributed by atoms with Crippen molar-refractivity contribution in [2.24, 2.45) is 11.8 Å². The third-order valence-electron chi connectivity index (χ3n) is 9.33. The van der Waals surface area contributed by atoms with E-state index >= 15 is 0 Å². The highest BCUT2D eigenvalue weighted by atomic mass is 16.5. The summed E-state index contributed by atoms with van der Waals surface area (Å²) < 4.78 is 16.6. The highest BCUT2D eigenvalue weighted by Crippen LogP contribution is 2.34. The van der Waals surface area contributed by atoms with Crippen LogP contribution in [0.5, 0.6) is 11.5 Å². The molecule has 1 aliphatic carbocycles. The summed E-state index contributed by atoms with van der Waals surface area (Å²) in [6.07, 6.45) is 3.94. The predicted octanol–water partition coefficient (Wildman–Crippen LogP) is 4.18. The number of nitrogens with one attached hydrogen (secondary N) is 2. The molecule has 2 aromatic carbocycles. The molecule has 1 unspecified atom stereocenters. The number of carbonyl (C=O) groups excluding carboxylic acids is 2. The van der Waals surface area contributed by atoms with E-state index in [1.165, 1.54) is 5.56 Å². The fourth-order valence-corrected chi connectivity index (χ4v) is 6.63. The van der Waals surface area contributed by atoms with E-state index in [1.54, 1.807) is 26.4 Å². The van der Waals surface area contributed by atoms with Crippen molar-refractivity contribution in [1.82, 2.24) is 20.4 Å². The van der Waals surface area contributed by atoms with Gasteiger partial charge < -0.3 is 34.6 Å². The van der Waals surface area contributed by atoms with Crippen molar-refractivity contribution in [3.63, 3.8) is 0 Å². The van der Waals surface area contributed by atoms with Crippen LogP contribution >= 0.6 is 0 Å². The SMILES string of the molecule is COCCCOc1cc(C(=O)N(C[C@@H]2CNC[C@@H]2CN(C(=O)c2ccccc2C2CCNC2)C2CC2)C(C)C)ccc1OC. The van der Waals surface area contributed by atoms with Gasteiger partial charge in [0.2, 0.25) is 0 Å². The first-order valence-electron chi connectivity index (χ1n) is 16.3. The summed E-state index contributed by atoms with van der Waals surface area (Å²) >= 11 is 0. The highest BCUT2D eigenvalue weighted by Gasteiger charge is 2.39. The van der Waals surface area contributed by atoms with Crippen LogP contribution in [-0.2, 0) is 4.74 Å². The number of amides is 2. The minimum atomic E-state index is -0.0238. The average molecular weight is 607 g/mol. The molecule has 2 aromatic rings. The van der Waals surface area contributed by atoms with Crippen molar-refractivity contribution in [3.8, 4) is 11.5 Å². The lowest BCUT2D eigenvalue weighted by molar-refractivity contribution is 0.0612. The number of nitrogens with zero attached hydrogens (tertiary/aromatic N) is 2. The van der Waals surface area contributed by atoms with E-state index in [4.69, 9.17) is 14.2 Å². The highest BCUT2D eigenvalue weighted by molar-refractivity contribution is 5.96. The summed E-state index contributed by atoms with van der Waals surface area (Å²) in [5.41, 5.74) is 2.61. The number of carbonyl (C=O) groups is 2. The molecule has 0 aromatic heterocycles. The van der Waals surface area contributed by atoms with E-state index in [1.807, 2.05) is 23.1 Å². The van der Waals surface area contributed by atoms with E-state index < -0.39 is 0 Å². The van der Waals surface area contributed by atoms with Crippen LogP contribution in [-0.4, -0.2) is 100 Å². The maximum absolute atomic E-state index is 14.1. The van der Waals surface area contributed by atoms with Crippen LogP contribution in [0, 0.1) is 11.8 Å². The number of rotatable bonds is 15. The number of hydrogen-bond donors (Lipinski definition) is 2. The Kier molecular flexibility index (Phi) is 11.2. The minimum absolute atomic E-state index is 0.0185. The Labute approximate surface area is 262 Å². The smallest absolute Gasteiger partial charge is 0.254 e. The van der Waals surface area contributed by atoms with Gasteiger partial charge in [0.1, 0.15) is 0 Å². The Balaban J connectivity index is 1.29. The average Bonchev–Trinajstić information content (AvgIpc) is 3.53. The zero-order valence-electron chi connectivity index (χ0n) is 26.8. The van der Waals surface area contributed by atoms with E-state index in [9.17, 15) is 9.59 Å². The first-order valence-corrected chi connectivity index (χ1v) is 16.3. The van der Waals surface area contributed by atoms with Gasteiger partial charge in [0.25, 0.3) is 11.8 Å². The molecule has 44 heavy (non-hydrogen) atoms. The Morgan fingerprint density at radius 2 is 1.66 bits per heavy atom. The van der Waals surface area contributed by atoms with Crippen LogP contribution in [0.15, 0.2) is 42.5 Å². The standard InChI is InChI=1S/C35H50N4O5/c1-24(2)38(34(40)25-10-13-32(43-4)33(18-25)44-17-7-16-42-3)22-27-20-37-21-28(27)23-39(29-11-12-29)35(41)31-9-6-5-8-30(31)26-14-15-36-19-26/h5-6,8-10,13,18,24,26-29,36-37H,7,11-12,14-17,19-23H2,1-4H3/t26?,27-,28+/m0/s1. The van der Waals surface area contributed by atoms with Crippen LogP contribution in [0.3, 0.4) is 0 Å². The van der Waals surface area contributed by atoms with Gasteiger partial charge in [0.15, 0.2) is 11.5 Å². The topological polar surface area (TPSA) is 92.4 Å². The van der Waals surface area contributed by atoms with Gasteiger partial charge in [-0.15, -0.1) is 0 Å². The fraction of sp³-hybridized carbons (Fsp3) is 0.600. The molecule has 1 saturated carbocycles. The molecular formula is C35H50N4O5. The minimum Gasteiger partial charge on any atom is -0.493 e. The lowest BCUT2D eigenvalue weighted by atomic mass is 9.91. The molecule has 2 saturated heterocycles.